The second-order valence-electron chi connectivity index (χ2n) is 1.85. The van der Waals surface area contributed by atoms with Crippen LogP contribution in [0.25, 0.3) is 0 Å². The molecule has 0 saturated heterocycles. The molecule has 0 unspecified atom stereocenters. The van der Waals surface area contributed by atoms with Gasteiger partial charge in [-0.05, 0) is 24.8 Å². The van der Waals surface area contributed by atoms with Crippen LogP contribution in [0.1, 0.15) is 19.4 Å². The van der Waals surface area contributed by atoms with Gasteiger partial charge < -0.3 is 0 Å². The van der Waals surface area contributed by atoms with E-state index in [1.54, 1.807) is 11.8 Å². The molecule has 0 aliphatic rings. The SMILES string of the molecule is CC.CSc1cnccc1C. The molecule has 1 nitrogen and oxygen atoms in total. The van der Waals surface area contributed by atoms with Crippen LogP contribution in [0, 0.1) is 6.92 Å². The normalized spacial score (nSPS) is 8.36. The monoisotopic (exact) mass is 169 g/mol. The molecule has 1 heterocycles. The number of aromatic nitrogens is 1. The predicted octanol–water partition coefficient (Wildman–Crippen LogP) is 3.14. The largest absolute Gasteiger partial charge is 0.264 e. The summed E-state index contributed by atoms with van der Waals surface area (Å²) < 4.78 is 0. The number of rotatable bonds is 1. The lowest BCUT2D eigenvalue weighted by atomic mass is 10.3. The highest BCUT2D eigenvalue weighted by Gasteiger charge is 1.91. The number of nitrogens with zero attached hydrogens (tertiary/aromatic N) is 1. The summed E-state index contributed by atoms with van der Waals surface area (Å²) in [6.45, 7) is 6.09. The third-order valence-electron chi connectivity index (χ3n) is 1.21. The minimum Gasteiger partial charge on any atom is -0.264 e. The van der Waals surface area contributed by atoms with Crippen molar-refractivity contribution in [2.75, 3.05) is 6.26 Å². The molecule has 0 amide bonds. The molecule has 1 aromatic heterocycles. The molecule has 0 saturated carbocycles. The second-order valence-corrected chi connectivity index (χ2v) is 2.69. The molecule has 0 radical (unpaired) electrons. The van der Waals surface area contributed by atoms with Gasteiger partial charge in [0.2, 0.25) is 0 Å². The van der Waals surface area contributed by atoms with E-state index in [9.17, 15) is 0 Å². The van der Waals surface area contributed by atoms with E-state index in [0.29, 0.717) is 0 Å². The van der Waals surface area contributed by atoms with Gasteiger partial charge in [0, 0.05) is 17.3 Å². The molecule has 0 aromatic carbocycles. The Morgan fingerprint density at radius 1 is 1.36 bits per heavy atom. The quantitative estimate of drug-likeness (QED) is 0.599. The fourth-order valence-corrected chi connectivity index (χ4v) is 1.22. The van der Waals surface area contributed by atoms with Crippen molar-refractivity contribution in [2.45, 2.75) is 25.7 Å². The minimum atomic E-state index is 1.26. The molecule has 0 spiro atoms. The molecule has 0 N–H and O–H groups in total. The van der Waals surface area contributed by atoms with E-state index < -0.39 is 0 Å². The molecule has 0 fully saturated rings. The van der Waals surface area contributed by atoms with Crippen molar-refractivity contribution in [3.05, 3.63) is 24.0 Å². The number of hydrogen-bond donors (Lipinski definition) is 0. The summed E-state index contributed by atoms with van der Waals surface area (Å²) in [5.41, 5.74) is 1.30. The zero-order valence-electron chi connectivity index (χ0n) is 7.59. The van der Waals surface area contributed by atoms with Crippen molar-refractivity contribution >= 4 is 11.8 Å². The number of hydrogen-bond acceptors (Lipinski definition) is 2. The predicted molar refractivity (Wildman–Crippen MR) is 52.1 cm³/mol. The highest BCUT2D eigenvalue weighted by molar-refractivity contribution is 7.98. The maximum atomic E-state index is 4.00. The van der Waals surface area contributed by atoms with Crippen LogP contribution in [-0.4, -0.2) is 11.2 Å². The van der Waals surface area contributed by atoms with Crippen LogP contribution in [0.4, 0.5) is 0 Å². The van der Waals surface area contributed by atoms with E-state index in [0.717, 1.165) is 0 Å². The van der Waals surface area contributed by atoms with Gasteiger partial charge in [-0.15, -0.1) is 11.8 Å². The van der Waals surface area contributed by atoms with E-state index in [1.807, 2.05) is 32.3 Å². The average Bonchev–Trinajstić information content (AvgIpc) is 2.09. The molecule has 0 bridgehead atoms. The summed E-state index contributed by atoms with van der Waals surface area (Å²) >= 11 is 1.73. The van der Waals surface area contributed by atoms with Gasteiger partial charge >= 0.3 is 0 Å². The standard InChI is InChI=1S/C7H9NS.C2H6/c1-6-3-4-8-5-7(6)9-2;1-2/h3-5H,1-2H3;1-2H3. The van der Waals surface area contributed by atoms with Gasteiger partial charge in [0.25, 0.3) is 0 Å². The van der Waals surface area contributed by atoms with E-state index in [4.69, 9.17) is 0 Å². The third kappa shape index (κ3) is 3.42. The van der Waals surface area contributed by atoms with Gasteiger partial charge in [-0.2, -0.15) is 0 Å². The average molecular weight is 169 g/mol. The maximum absolute atomic E-state index is 4.00. The first-order valence-corrected chi connectivity index (χ1v) is 5.01. The van der Waals surface area contributed by atoms with Crippen molar-refractivity contribution < 1.29 is 0 Å². The van der Waals surface area contributed by atoms with Gasteiger partial charge in [-0.25, -0.2) is 0 Å². The number of aryl methyl sites for hydroxylation is 1. The molecule has 0 aliphatic heterocycles. The summed E-state index contributed by atoms with van der Waals surface area (Å²) in [6.07, 6.45) is 5.76. The van der Waals surface area contributed by atoms with Gasteiger partial charge in [0.1, 0.15) is 0 Å². The maximum Gasteiger partial charge on any atom is 0.0406 e. The van der Waals surface area contributed by atoms with Crippen molar-refractivity contribution in [3.63, 3.8) is 0 Å². The van der Waals surface area contributed by atoms with E-state index in [2.05, 4.69) is 18.2 Å². The first-order chi connectivity index (χ1) is 5.34. The highest BCUT2D eigenvalue weighted by atomic mass is 32.2. The van der Waals surface area contributed by atoms with Crippen molar-refractivity contribution in [1.82, 2.24) is 4.98 Å². The Kier molecular flexibility index (Phi) is 5.94. The summed E-state index contributed by atoms with van der Waals surface area (Å²) in [6, 6.07) is 2.02. The van der Waals surface area contributed by atoms with Crippen LogP contribution in [-0.2, 0) is 0 Å². The van der Waals surface area contributed by atoms with E-state index in [-0.39, 0.29) is 0 Å². The molecule has 1 aromatic rings. The van der Waals surface area contributed by atoms with Gasteiger partial charge in [-0.1, -0.05) is 13.8 Å². The summed E-state index contributed by atoms with van der Waals surface area (Å²) in [5, 5.41) is 0. The molecular weight excluding hydrogens is 154 g/mol. The Morgan fingerprint density at radius 3 is 2.36 bits per heavy atom. The summed E-state index contributed by atoms with van der Waals surface area (Å²) in [5.74, 6) is 0. The fourth-order valence-electron chi connectivity index (χ4n) is 0.663. The van der Waals surface area contributed by atoms with Gasteiger partial charge in [0.05, 0.1) is 0 Å². The van der Waals surface area contributed by atoms with Crippen molar-refractivity contribution in [1.29, 1.82) is 0 Å². The Labute approximate surface area is 73.2 Å². The lowest BCUT2D eigenvalue weighted by Crippen LogP contribution is -1.78. The highest BCUT2D eigenvalue weighted by Crippen LogP contribution is 2.16. The lowest BCUT2D eigenvalue weighted by Gasteiger charge is -1.97. The first-order valence-electron chi connectivity index (χ1n) is 3.79. The summed E-state index contributed by atoms with van der Waals surface area (Å²) in [7, 11) is 0. The Bertz CT molecular complexity index is 199. The van der Waals surface area contributed by atoms with Crippen molar-refractivity contribution in [3.8, 4) is 0 Å². The zero-order valence-corrected chi connectivity index (χ0v) is 8.40. The van der Waals surface area contributed by atoms with Crippen LogP contribution in [0.5, 0.6) is 0 Å². The molecule has 62 valence electrons. The molecule has 11 heavy (non-hydrogen) atoms. The minimum absolute atomic E-state index is 1.26. The van der Waals surface area contributed by atoms with E-state index >= 15 is 0 Å². The molecule has 1 rings (SSSR count). The smallest absolute Gasteiger partial charge is 0.0406 e. The summed E-state index contributed by atoms with van der Waals surface area (Å²) in [4.78, 5) is 5.26. The van der Waals surface area contributed by atoms with Crippen LogP contribution < -0.4 is 0 Å². The molecular formula is C9H15NS. The Morgan fingerprint density at radius 2 is 2.00 bits per heavy atom. The third-order valence-corrected chi connectivity index (χ3v) is 2.08. The van der Waals surface area contributed by atoms with E-state index in [1.165, 1.54) is 10.5 Å². The zero-order chi connectivity index (χ0) is 8.69. The van der Waals surface area contributed by atoms with Crippen molar-refractivity contribution in [2.24, 2.45) is 0 Å². The van der Waals surface area contributed by atoms with Gasteiger partial charge in [-0.3, -0.25) is 4.98 Å². The molecule has 0 atom stereocenters. The van der Waals surface area contributed by atoms with Crippen LogP contribution in [0.3, 0.4) is 0 Å². The second kappa shape index (κ2) is 6.23. The Hall–Kier alpha value is -0.500. The van der Waals surface area contributed by atoms with Crippen LogP contribution >= 0.6 is 11.8 Å². The molecule has 0 aliphatic carbocycles. The fraction of sp³-hybridized carbons (Fsp3) is 0.444. The first kappa shape index (κ1) is 10.5. The number of thioether (sulfide) groups is 1. The molecule has 2 heteroatoms. The topological polar surface area (TPSA) is 12.9 Å². The van der Waals surface area contributed by atoms with Crippen LogP contribution in [0.15, 0.2) is 23.4 Å². The van der Waals surface area contributed by atoms with Gasteiger partial charge in [0.15, 0.2) is 0 Å². The number of pyridine rings is 1. The van der Waals surface area contributed by atoms with Crippen LogP contribution in [0.2, 0.25) is 0 Å². The lowest BCUT2D eigenvalue weighted by molar-refractivity contribution is 1.18. The Balaban J connectivity index is 0.000000461.